The van der Waals surface area contributed by atoms with Crippen molar-refractivity contribution in [2.75, 3.05) is 0 Å². The maximum Gasteiger partial charge on any atom is 0.0307 e. The van der Waals surface area contributed by atoms with Crippen LogP contribution in [-0.4, -0.2) is 45.1 Å². The van der Waals surface area contributed by atoms with Crippen LogP contribution in [0.25, 0.3) is 0 Å². The zero-order valence-electron chi connectivity index (χ0n) is 15.0. The molecule has 108 valence electrons. The molecule has 0 aromatic carbocycles. The fourth-order valence-electron chi connectivity index (χ4n) is 2.81. The highest BCUT2D eigenvalue weighted by atomic mass is 30.0. The fraction of sp³-hybridized carbons (Fsp3) is 1.00. The minimum absolute atomic E-state index is 0.0662. The van der Waals surface area contributed by atoms with Gasteiger partial charge >= 0.3 is 0 Å². The highest BCUT2D eigenvalue weighted by Crippen LogP contribution is 2.37. The summed E-state index contributed by atoms with van der Waals surface area (Å²) < 4.78 is 0. The highest BCUT2D eigenvalue weighted by molar-refractivity contribution is 7.94. The molecule has 0 saturated carbocycles. The zero-order chi connectivity index (χ0) is 15.2. The first-order chi connectivity index (χ1) is 7.64. The first kappa shape index (κ1) is 19.3. The second-order valence-electron chi connectivity index (χ2n) is 8.50. The van der Waals surface area contributed by atoms with Crippen molar-refractivity contribution >= 4 is 45.1 Å². The van der Waals surface area contributed by atoms with Crippen molar-refractivity contribution in [3.63, 3.8) is 0 Å². The quantitative estimate of drug-likeness (QED) is 0.630. The average molecular weight is 349 g/mol. The first-order valence-corrected chi connectivity index (χ1v) is 29.2. The van der Waals surface area contributed by atoms with Gasteiger partial charge in [-0.2, -0.15) is 0 Å². The Bertz CT molecular complexity index is 261. The molecule has 0 fully saturated rings. The fourth-order valence-corrected chi connectivity index (χ4v) is 130. The van der Waals surface area contributed by atoms with Gasteiger partial charge in [-0.15, -0.1) is 0 Å². The molecule has 0 amide bonds. The Morgan fingerprint density at radius 3 is 0.722 bits per heavy atom. The van der Waals surface area contributed by atoms with Crippen molar-refractivity contribution in [2.24, 2.45) is 0 Å². The van der Waals surface area contributed by atoms with Gasteiger partial charge in [-0.05, 0) is 0 Å². The van der Waals surface area contributed by atoms with Gasteiger partial charge in [0.25, 0.3) is 0 Å². The van der Waals surface area contributed by atoms with E-state index in [4.69, 9.17) is 0 Å². The lowest BCUT2D eigenvalue weighted by molar-refractivity contribution is 1.78. The predicted molar refractivity (Wildman–Crippen MR) is 105 cm³/mol. The van der Waals surface area contributed by atoms with Crippen LogP contribution >= 0.6 is 0 Å². The molecule has 0 aliphatic heterocycles. The van der Waals surface area contributed by atoms with E-state index >= 15 is 0 Å². The van der Waals surface area contributed by atoms with E-state index in [9.17, 15) is 0 Å². The lowest BCUT2D eigenvalue weighted by Gasteiger charge is -2.57. The summed E-state index contributed by atoms with van der Waals surface area (Å²) in [6.07, 6.45) is 0. The highest BCUT2D eigenvalue weighted by Gasteiger charge is 2.59. The molecule has 0 atom stereocenters. The van der Waals surface area contributed by atoms with E-state index in [1.165, 1.54) is 0 Å². The Morgan fingerprint density at radius 2 is 0.611 bits per heavy atom. The van der Waals surface area contributed by atoms with E-state index in [1.807, 2.05) is 0 Å². The van der Waals surface area contributed by atoms with Gasteiger partial charge in [0.1, 0.15) is 0 Å². The van der Waals surface area contributed by atoms with Crippen molar-refractivity contribution in [1.29, 1.82) is 0 Å². The summed E-state index contributed by atoms with van der Waals surface area (Å²) in [4.78, 5) is 0. The summed E-state index contributed by atoms with van der Waals surface area (Å²) in [6, 6.07) is 0. The van der Waals surface area contributed by atoms with Gasteiger partial charge in [0.2, 0.25) is 0 Å². The van der Waals surface area contributed by atoms with Crippen LogP contribution in [0.1, 0.15) is 0 Å². The summed E-state index contributed by atoms with van der Waals surface area (Å²) in [7, 11) is -4.04. The molecule has 0 aromatic rings. The van der Waals surface area contributed by atoms with E-state index in [0.29, 0.717) is 0 Å². The lowest BCUT2D eigenvalue weighted by atomic mass is 11.9. The van der Waals surface area contributed by atoms with E-state index in [1.54, 1.807) is 0 Å². The Hall–Kier alpha value is 1.30. The molecule has 0 heterocycles. The number of rotatable bonds is 5. The van der Waals surface area contributed by atoms with Crippen LogP contribution in [0.15, 0.2) is 0 Å². The summed E-state index contributed by atoms with van der Waals surface area (Å²) in [5, 5.41) is 0. The topological polar surface area (TPSA) is 0 Å². The summed E-state index contributed by atoms with van der Waals surface area (Å²) in [6.45, 7) is 32.7. The summed E-state index contributed by atoms with van der Waals surface area (Å²) >= 11 is 0. The van der Waals surface area contributed by atoms with E-state index in [-0.39, 0.29) is 16.6 Å². The zero-order valence-corrected chi connectivity index (χ0v) is 21.0. The second kappa shape index (κ2) is 5.59. The van der Waals surface area contributed by atoms with Gasteiger partial charge in [-0.3, -0.25) is 0 Å². The Balaban J connectivity index is 5.74. The van der Waals surface area contributed by atoms with Crippen molar-refractivity contribution in [3.8, 4) is 0 Å². The monoisotopic (exact) mass is 348 g/mol. The van der Waals surface area contributed by atoms with Crippen LogP contribution in [0.3, 0.4) is 0 Å². The minimum Gasteiger partial charge on any atom is -0.0735 e. The third-order valence-electron chi connectivity index (χ3n) is 7.19. The third-order valence-corrected chi connectivity index (χ3v) is 114. The Kier molecular flexibility index (Phi) is 6.00. The predicted octanol–water partition coefficient (Wildman–Crippen LogP) is 4.72. The van der Waals surface area contributed by atoms with Crippen molar-refractivity contribution < 1.29 is 0 Å². The third kappa shape index (κ3) is 2.83. The second-order valence-corrected chi connectivity index (χ2v) is 67.5. The molecule has 6 heteroatoms. The molecule has 0 N–H and O–H groups in total. The van der Waals surface area contributed by atoms with Crippen LogP contribution in [-0.2, 0) is 0 Å². The molecule has 0 spiro atoms. The number of hydrogen-bond donors (Lipinski definition) is 0. The molecule has 18 heavy (non-hydrogen) atoms. The van der Waals surface area contributed by atoms with E-state index in [0.717, 1.165) is 0 Å². The molecule has 0 saturated heterocycles. The maximum absolute atomic E-state index is 2.81. The van der Waals surface area contributed by atoms with Crippen molar-refractivity contribution in [1.82, 2.24) is 0 Å². The average Bonchev–Trinajstić information content (AvgIpc) is 2.15. The van der Waals surface area contributed by atoms with Gasteiger partial charge in [-0.25, -0.2) is 0 Å². The minimum atomic E-state index is -1.01. The molecule has 0 rings (SSSR count). The molecule has 0 aliphatic carbocycles. The van der Waals surface area contributed by atoms with Crippen LogP contribution in [0.2, 0.25) is 78.6 Å². The van der Waals surface area contributed by atoms with Gasteiger partial charge in [0, 0.05) is 45.1 Å². The summed E-state index contributed by atoms with van der Waals surface area (Å²) in [5.74, 6) is 0. The molecule has 0 aliphatic rings. The van der Waals surface area contributed by atoms with Crippen LogP contribution in [0.4, 0.5) is 0 Å². The molecular weight excluding hydrogens is 313 g/mol. The normalized spacial score (nSPS) is 15.7. The molecule has 2 radical (unpaired) electrons. The van der Waals surface area contributed by atoms with Gasteiger partial charge in [0.05, 0.1) is 0 Å². The maximum atomic E-state index is 2.81. The number of hydrogen-bond acceptors (Lipinski definition) is 0. The lowest BCUT2D eigenvalue weighted by Crippen LogP contribution is -2.84. The van der Waals surface area contributed by atoms with Crippen molar-refractivity contribution in [3.05, 3.63) is 0 Å². The standard InChI is InChI=1S/C12H36Si6/c1-13(2)15(5,6)17(9,10)18(11,12)16(7,8)14(3)4/h1-12H3. The van der Waals surface area contributed by atoms with E-state index < -0.39 is 28.4 Å². The summed E-state index contributed by atoms with van der Waals surface area (Å²) in [5.41, 5.74) is 0. The molecule has 0 bridgehead atoms. The largest absolute Gasteiger partial charge is 0.0735 e. The van der Waals surface area contributed by atoms with E-state index in [2.05, 4.69) is 78.6 Å². The van der Waals surface area contributed by atoms with Gasteiger partial charge in [-0.1, -0.05) is 78.6 Å². The molecule has 0 aromatic heterocycles. The van der Waals surface area contributed by atoms with Gasteiger partial charge < -0.3 is 0 Å². The molecule has 0 nitrogen and oxygen atoms in total. The van der Waals surface area contributed by atoms with Gasteiger partial charge in [0.15, 0.2) is 0 Å². The molecule has 0 unspecified atom stereocenters. The van der Waals surface area contributed by atoms with Crippen LogP contribution in [0, 0.1) is 0 Å². The van der Waals surface area contributed by atoms with Crippen LogP contribution < -0.4 is 0 Å². The Labute approximate surface area is 123 Å². The SMILES string of the molecule is C[Si](C)[Si](C)(C)[Si](C)(C)[Si](C)(C)[Si](C)(C)[Si](C)C. The Morgan fingerprint density at radius 1 is 0.444 bits per heavy atom. The first-order valence-electron chi connectivity index (χ1n) is 7.25. The van der Waals surface area contributed by atoms with Crippen LogP contribution in [0.5, 0.6) is 0 Å². The molecular formula is C12H36Si6. The smallest absolute Gasteiger partial charge is 0.0307 e. The van der Waals surface area contributed by atoms with Crippen molar-refractivity contribution in [2.45, 2.75) is 78.6 Å².